The van der Waals surface area contributed by atoms with Crippen LogP contribution in [0, 0.1) is 6.92 Å². The smallest absolute Gasteiger partial charge is 0.277 e. The zero-order valence-corrected chi connectivity index (χ0v) is 19.0. The maximum absolute atomic E-state index is 12.9. The summed E-state index contributed by atoms with van der Waals surface area (Å²) < 4.78 is 10.9. The number of nitrogens with one attached hydrogen (secondary N) is 2. The molecule has 166 valence electrons. The highest BCUT2D eigenvalue weighted by Crippen LogP contribution is 2.39. The number of para-hydroxylation sites is 1. The number of nitrogens with zero attached hydrogens (tertiary/aromatic N) is 2. The summed E-state index contributed by atoms with van der Waals surface area (Å²) in [6.45, 7) is 1.83. The second kappa shape index (κ2) is 9.62. The topological polar surface area (TPSA) is 106 Å². The van der Waals surface area contributed by atoms with Gasteiger partial charge in [-0.05, 0) is 43.5 Å². The van der Waals surface area contributed by atoms with E-state index in [-0.39, 0.29) is 17.6 Å². The van der Waals surface area contributed by atoms with Crippen molar-refractivity contribution in [2.45, 2.75) is 30.9 Å². The zero-order chi connectivity index (χ0) is 22.7. The van der Waals surface area contributed by atoms with Gasteiger partial charge in [0.15, 0.2) is 0 Å². The molecule has 0 bridgehead atoms. The summed E-state index contributed by atoms with van der Waals surface area (Å²) >= 11 is 7.29. The summed E-state index contributed by atoms with van der Waals surface area (Å²) in [5.74, 6) is 0.826. The molecule has 1 heterocycles. The molecule has 3 aromatic rings. The van der Waals surface area contributed by atoms with Crippen molar-refractivity contribution in [3.05, 3.63) is 58.4 Å². The Labute approximate surface area is 194 Å². The lowest BCUT2D eigenvalue weighted by Crippen LogP contribution is -2.19. The van der Waals surface area contributed by atoms with Gasteiger partial charge in [0.05, 0.1) is 29.8 Å². The minimum Gasteiger partial charge on any atom is -0.495 e. The molecule has 10 heteroatoms. The number of ether oxygens (including phenoxy) is 1. The van der Waals surface area contributed by atoms with Gasteiger partial charge < -0.3 is 19.8 Å². The van der Waals surface area contributed by atoms with E-state index in [0.717, 1.165) is 30.2 Å². The van der Waals surface area contributed by atoms with Crippen molar-refractivity contribution >= 4 is 46.6 Å². The number of carbonyl (C=O) groups is 2. The highest BCUT2D eigenvalue weighted by atomic mass is 35.5. The number of aromatic nitrogens is 2. The molecule has 1 fully saturated rings. The summed E-state index contributed by atoms with van der Waals surface area (Å²) in [5.41, 5.74) is 1.99. The van der Waals surface area contributed by atoms with Crippen molar-refractivity contribution < 1.29 is 18.7 Å². The third-order valence-electron chi connectivity index (χ3n) is 4.85. The first kappa shape index (κ1) is 22.2. The van der Waals surface area contributed by atoms with E-state index in [1.807, 2.05) is 6.92 Å². The molecule has 2 aromatic carbocycles. The Morgan fingerprint density at radius 1 is 1.19 bits per heavy atom. The maximum atomic E-state index is 12.9. The Hall–Kier alpha value is -3.04. The van der Waals surface area contributed by atoms with Gasteiger partial charge in [-0.25, -0.2) is 0 Å². The fraction of sp³-hybridized carbons (Fsp3) is 0.273. The molecular formula is C22H21ClN4O4S. The first-order valence-corrected chi connectivity index (χ1v) is 11.3. The van der Waals surface area contributed by atoms with Gasteiger partial charge in [0.1, 0.15) is 5.75 Å². The van der Waals surface area contributed by atoms with Gasteiger partial charge in [-0.1, -0.05) is 35.5 Å². The number of carbonyl (C=O) groups excluding carboxylic acids is 2. The van der Waals surface area contributed by atoms with Gasteiger partial charge in [-0.15, -0.1) is 10.2 Å². The number of thioether (sulfide) groups is 1. The van der Waals surface area contributed by atoms with Crippen LogP contribution >= 0.6 is 23.4 Å². The van der Waals surface area contributed by atoms with Gasteiger partial charge in [-0.3, -0.25) is 9.59 Å². The number of aryl methyl sites for hydroxylation is 1. The molecule has 1 saturated carbocycles. The lowest BCUT2D eigenvalue weighted by molar-refractivity contribution is -0.113. The van der Waals surface area contributed by atoms with Crippen LogP contribution in [0.2, 0.25) is 5.02 Å². The molecule has 2 N–H and O–H groups in total. The van der Waals surface area contributed by atoms with Gasteiger partial charge in [0.25, 0.3) is 11.1 Å². The molecule has 0 spiro atoms. The molecule has 8 nitrogen and oxygen atoms in total. The predicted molar refractivity (Wildman–Crippen MR) is 123 cm³/mol. The molecule has 0 atom stereocenters. The van der Waals surface area contributed by atoms with Crippen molar-refractivity contribution in [3.8, 4) is 5.75 Å². The monoisotopic (exact) mass is 472 g/mol. The van der Waals surface area contributed by atoms with E-state index in [2.05, 4.69) is 20.8 Å². The minimum atomic E-state index is -0.389. The van der Waals surface area contributed by atoms with Gasteiger partial charge in [0.2, 0.25) is 11.8 Å². The van der Waals surface area contributed by atoms with E-state index >= 15 is 0 Å². The van der Waals surface area contributed by atoms with Crippen LogP contribution in [0.5, 0.6) is 5.75 Å². The predicted octanol–water partition coefficient (Wildman–Crippen LogP) is 4.90. The molecule has 1 aromatic heterocycles. The normalized spacial score (nSPS) is 13.0. The Morgan fingerprint density at radius 3 is 2.72 bits per heavy atom. The zero-order valence-electron chi connectivity index (χ0n) is 17.5. The van der Waals surface area contributed by atoms with E-state index < -0.39 is 0 Å². The number of amides is 2. The van der Waals surface area contributed by atoms with E-state index in [1.54, 1.807) is 36.4 Å². The number of hydrogen-bond donors (Lipinski definition) is 2. The lowest BCUT2D eigenvalue weighted by Gasteiger charge is -2.14. The van der Waals surface area contributed by atoms with Crippen LogP contribution in [0.15, 0.2) is 46.0 Å². The summed E-state index contributed by atoms with van der Waals surface area (Å²) in [5, 5.41) is 14.5. The van der Waals surface area contributed by atoms with Crippen LogP contribution in [0.1, 0.15) is 40.6 Å². The molecule has 0 aliphatic heterocycles. The standard InChI is InChI=1S/C22H21ClN4O4S/c1-12-9-17(18(30-2)10-15(12)23)25-20(29)14-5-3-4-6-16(14)24-19(28)11-32-22-27-26-21(31-22)13-7-8-13/h3-6,9-10,13H,7-8,11H2,1-2H3,(H,24,28)(H,25,29). The van der Waals surface area contributed by atoms with E-state index in [9.17, 15) is 9.59 Å². The molecular weight excluding hydrogens is 452 g/mol. The van der Waals surface area contributed by atoms with Crippen LogP contribution in [0.4, 0.5) is 11.4 Å². The number of halogens is 1. The molecule has 2 amide bonds. The molecule has 0 radical (unpaired) electrons. The van der Waals surface area contributed by atoms with Crippen molar-refractivity contribution in [3.63, 3.8) is 0 Å². The Kier molecular flexibility index (Phi) is 6.66. The fourth-order valence-corrected chi connectivity index (χ4v) is 3.72. The van der Waals surface area contributed by atoms with Crippen molar-refractivity contribution in [2.75, 3.05) is 23.5 Å². The van der Waals surface area contributed by atoms with E-state index in [1.165, 1.54) is 7.11 Å². The van der Waals surface area contributed by atoms with Gasteiger partial charge >= 0.3 is 0 Å². The Balaban J connectivity index is 1.42. The second-order valence-corrected chi connectivity index (χ2v) is 8.65. The van der Waals surface area contributed by atoms with Crippen molar-refractivity contribution in [1.29, 1.82) is 0 Å². The van der Waals surface area contributed by atoms with Crippen molar-refractivity contribution in [2.24, 2.45) is 0 Å². The van der Waals surface area contributed by atoms with E-state index in [4.69, 9.17) is 20.8 Å². The molecule has 0 saturated heterocycles. The minimum absolute atomic E-state index is 0.0758. The SMILES string of the molecule is COc1cc(Cl)c(C)cc1NC(=O)c1ccccc1NC(=O)CSc1nnc(C2CC2)o1. The number of rotatable bonds is 8. The number of hydrogen-bond acceptors (Lipinski definition) is 7. The summed E-state index contributed by atoms with van der Waals surface area (Å²) in [4.78, 5) is 25.4. The van der Waals surface area contributed by atoms with Crippen LogP contribution < -0.4 is 15.4 Å². The number of benzene rings is 2. The van der Waals surface area contributed by atoms with Crippen LogP contribution in [0.25, 0.3) is 0 Å². The molecule has 0 unspecified atom stereocenters. The van der Waals surface area contributed by atoms with Gasteiger partial charge in [0, 0.05) is 17.0 Å². The molecule has 1 aliphatic rings. The third kappa shape index (κ3) is 5.23. The molecule has 1 aliphatic carbocycles. The summed E-state index contributed by atoms with van der Waals surface area (Å²) in [6, 6.07) is 10.1. The fourth-order valence-electron chi connectivity index (χ4n) is 3.00. The first-order chi connectivity index (χ1) is 15.4. The van der Waals surface area contributed by atoms with Crippen molar-refractivity contribution in [1.82, 2.24) is 10.2 Å². The number of anilines is 2. The Morgan fingerprint density at radius 2 is 1.97 bits per heavy atom. The van der Waals surface area contributed by atoms with E-state index in [0.29, 0.717) is 44.7 Å². The summed E-state index contributed by atoms with van der Waals surface area (Å²) in [7, 11) is 1.50. The second-order valence-electron chi connectivity index (χ2n) is 7.32. The first-order valence-electron chi connectivity index (χ1n) is 9.95. The summed E-state index contributed by atoms with van der Waals surface area (Å²) in [6.07, 6.45) is 2.13. The average Bonchev–Trinajstić information content (AvgIpc) is 3.52. The quantitative estimate of drug-likeness (QED) is 0.449. The highest BCUT2D eigenvalue weighted by Gasteiger charge is 2.29. The third-order valence-corrected chi connectivity index (χ3v) is 6.08. The molecule has 4 rings (SSSR count). The largest absolute Gasteiger partial charge is 0.495 e. The maximum Gasteiger partial charge on any atom is 0.277 e. The lowest BCUT2D eigenvalue weighted by atomic mass is 10.1. The molecule has 32 heavy (non-hydrogen) atoms. The highest BCUT2D eigenvalue weighted by molar-refractivity contribution is 7.99. The van der Waals surface area contributed by atoms with Crippen LogP contribution in [-0.4, -0.2) is 34.9 Å². The Bertz CT molecular complexity index is 1160. The van der Waals surface area contributed by atoms with Gasteiger partial charge in [-0.2, -0.15) is 0 Å². The number of methoxy groups -OCH3 is 1. The van der Waals surface area contributed by atoms with Crippen LogP contribution in [0.3, 0.4) is 0 Å². The average molecular weight is 473 g/mol. The van der Waals surface area contributed by atoms with Crippen LogP contribution in [-0.2, 0) is 4.79 Å².